The van der Waals surface area contributed by atoms with Gasteiger partial charge in [0.25, 0.3) is 0 Å². The van der Waals surface area contributed by atoms with Gasteiger partial charge in [-0.15, -0.1) is 11.8 Å². The number of aliphatic hydroxyl groups is 1. The Balaban J connectivity index is 1.44. The van der Waals surface area contributed by atoms with Crippen LogP contribution in [0.3, 0.4) is 0 Å². The van der Waals surface area contributed by atoms with E-state index in [2.05, 4.69) is 44.7 Å². The Morgan fingerprint density at radius 3 is 2.78 bits per heavy atom. The summed E-state index contributed by atoms with van der Waals surface area (Å²) in [6.45, 7) is 6.98. The first-order chi connectivity index (χ1) is 17.3. The van der Waals surface area contributed by atoms with Gasteiger partial charge in [0.2, 0.25) is 6.79 Å². The summed E-state index contributed by atoms with van der Waals surface area (Å²) < 4.78 is 11.4. The zero-order chi connectivity index (χ0) is 25.1. The molecule has 5 aliphatic rings. The molecule has 0 saturated heterocycles. The third-order valence-electron chi connectivity index (χ3n) is 9.87. The molecule has 0 bridgehead atoms. The number of rotatable bonds is 3. The predicted octanol–water partition coefficient (Wildman–Crippen LogP) is 6.49. The Morgan fingerprint density at radius 2 is 1.94 bits per heavy atom. The molecule has 2 saturated carbocycles. The Kier molecular flexibility index (Phi) is 5.84. The molecule has 1 N–H and O–H groups in total. The minimum atomic E-state index is -0.773. The van der Waals surface area contributed by atoms with Crippen molar-refractivity contribution >= 4 is 5.78 Å². The second kappa shape index (κ2) is 8.80. The minimum Gasteiger partial charge on any atom is -0.454 e. The molecule has 1 heterocycles. The number of hydrogen-bond donors (Lipinski definition) is 1. The third kappa shape index (κ3) is 3.74. The summed E-state index contributed by atoms with van der Waals surface area (Å²) in [6, 6.07) is 6.38. The number of fused-ring (bicyclic) bond motifs is 5. The fourth-order valence-electron chi connectivity index (χ4n) is 7.96. The number of hydrogen-bond acceptors (Lipinski definition) is 4. The van der Waals surface area contributed by atoms with Gasteiger partial charge in [0.05, 0.1) is 5.60 Å². The number of benzene rings is 1. The van der Waals surface area contributed by atoms with Crippen LogP contribution in [0, 0.1) is 35.0 Å². The molecule has 0 amide bonds. The van der Waals surface area contributed by atoms with Gasteiger partial charge in [-0.1, -0.05) is 32.4 Å². The molecule has 190 valence electrons. The van der Waals surface area contributed by atoms with E-state index in [0.717, 1.165) is 56.4 Å². The number of carbonyl (C=O) groups is 1. The van der Waals surface area contributed by atoms with Crippen LogP contribution in [0.2, 0.25) is 0 Å². The lowest BCUT2D eigenvalue weighted by atomic mass is 9.51. The molecule has 4 heteroatoms. The minimum absolute atomic E-state index is 0.200. The van der Waals surface area contributed by atoms with Crippen molar-refractivity contribution in [3.8, 4) is 23.3 Å². The molecule has 0 radical (unpaired) electrons. The quantitative estimate of drug-likeness (QED) is 0.497. The molecule has 1 aromatic rings. The first-order valence-electron chi connectivity index (χ1n) is 13.8. The summed E-state index contributed by atoms with van der Waals surface area (Å²) in [6.07, 6.45) is 9.62. The van der Waals surface area contributed by atoms with E-state index >= 15 is 0 Å². The Morgan fingerprint density at radius 1 is 1.11 bits per heavy atom. The molecule has 5 atom stereocenters. The van der Waals surface area contributed by atoms with Gasteiger partial charge < -0.3 is 14.6 Å². The maximum atomic E-state index is 12.3. The molecular weight excluding hydrogens is 448 g/mol. The zero-order valence-corrected chi connectivity index (χ0v) is 21.9. The van der Waals surface area contributed by atoms with Crippen molar-refractivity contribution in [3.63, 3.8) is 0 Å². The van der Waals surface area contributed by atoms with Crippen molar-refractivity contribution in [3.05, 3.63) is 46.6 Å². The van der Waals surface area contributed by atoms with Gasteiger partial charge in [-0.25, -0.2) is 0 Å². The number of carbonyl (C=O) groups excluding carboxylic acids is 1. The van der Waals surface area contributed by atoms with Crippen molar-refractivity contribution in [1.29, 1.82) is 0 Å². The van der Waals surface area contributed by atoms with Crippen LogP contribution in [-0.4, -0.2) is 23.3 Å². The van der Waals surface area contributed by atoms with Crippen LogP contribution in [0.25, 0.3) is 0 Å². The van der Waals surface area contributed by atoms with Gasteiger partial charge in [0.15, 0.2) is 17.3 Å². The summed E-state index contributed by atoms with van der Waals surface area (Å²) in [5.74, 6) is 10.2. The van der Waals surface area contributed by atoms with Crippen molar-refractivity contribution in [2.75, 3.05) is 6.79 Å². The standard InChI is InChI=1S/C32H38O4/c1-20(2)6-4-5-14-32(34)15-13-27-25-10-7-21-16-23(33)9-11-24(21)30(25)26(18-31(27,32)3)22-8-12-28-29(17-22)36-19-35-28/h8,12,16-17,20,25-27,34H,6-7,9-11,13-15,18-19H2,1-3H3/t25-,26+,27-,31-,32+/m0/s1. The topological polar surface area (TPSA) is 55.8 Å². The monoisotopic (exact) mass is 486 g/mol. The molecule has 0 unspecified atom stereocenters. The Labute approximate surface area is 215 Å². The highest BCUT2D eigenvalue weighted by atomic mass is 16.7. The van der Waals surface area contributed by atoms with Gasteiger partial charge >= 0.3 is 0 Å². The number of ketones is 1. The molecular formula is C32H38O4. The van der Waals surface area contributed by atoms with Gasteiger partial charge in [0.1, 0.15) is 0 Å². The average Bonchev–Trinajstić information content (AvgIpc) is 3.42. The second-order valence-corrected chi connectivity index (χ2v) is 12.3. The number of allylic oxidation sites excluding steroid dienone is 4. The van der Waals surface area contributed by atoms with Crippen molar-refractivity contribution in [2.45, 2.75) is 90.1 Å². The highest BCUT2D eigenvalue weighted by Crippen LogP contribution is 2.67. The van der Waals surface area contributed by atoms with Gasteiger partial charge in [0, 0.05) is 30.6 Å². The van der Waals surface area contributed by atoms with Crippen molar-refractivity contribution < 1.29 is 19.4 Å². The van der Waals surface area contributed by atoms with Gasteiger partial charge in [-0.3, -0.25) is 4.79 Å². The van der Waals surface area contributed by atoms with E-state index < -0.39 is 5.60 Å². The molecule has 4 nitrogen and oxygen atoms in total. The smallest absolute Gasteiger partial charge is 0.231 e. The van der Waals surface area contributed by atoms with Crippen LogP contribution in [0.1, 0.15) is 90.0 Å². The SMILES string of the molecule is CC(C)CC#CC[C@@]1(O)CC[C@H]2[C@@H]3CCC4=CC(=O)CCC4=C3[C@@H](c3ccc4c(c3)OCO4)C[C@@]21C. The molecule has 36 heavy (non-hydrogen) atoms. The first kappa shape index (κ1) is 23.9. The van der Waals surface area contributed by atoms with Crippen LogP contribution in [0.4, 0.5) is 0 Å². The Hall–Kier alpha value is -2.51. The summed E-state index contributed by atoms with van der Waals surface area (Å²) in [5, 5.41) is 12.2. The van der Waals surface area contributed by atoms with Gasteiger partial charge in [-0.2, -0.15) is 0 Å². The predicted molar refractivity (Wildman–Crippen MR) is 140 cm³/mol. The maximum Gasteiger partial charge on any atom is 0.231 e. The van der Waals surface area contributed by atoms with E-state index in [-0.39, 0.29) is 23.9 Å². The van der Waals surface area contributed by atoms with E-state index in [1.807, 2.05) is 12.1 Å². The molecule has 0 aromatic heterocycles. The molecule has 2 fully saturated rings. The second-order valence-electron chi connectivity index (χ2n) is 12.3. The van der Waals surface area contributed by atoms with E-state index in [4.69, 9.17) is 9.47 Å². The first-order valence-corrected chi connectivity index (χ1v) is 13.8. The summed E-state index contributed by atoms with van der Waals surface area (Å²) >= 11 is 0. The fourth-order valence-corrected chi connectivity index (χ4v) is 7.96. The highest BCUT2D eigenvalue weighted by molar-refractivity contribution is 5.93. The summed E-state index contributed by atoms with van der Waals surface area (Å²) in [4.78, 5) is 12.3. The zero-order valence-electron chi connectivity index (χ0n) is 21.9. The normalized spacial score (nSPS) is 34.5. The van der Waals surface area contributed by atoms with Crippen LogP contribution >= 0.6 is 0 Å². The highest BCUT2D eigenvalue weighted by Gasteiger charge is 2.62. The van der Waals surface area contributed by atoms with E-state index in [1.165, 1.54) is 22.3 Å². The lowest BCUT2D eigenvalue weighted by Gasteiger charge is -2.54. The molecule has 6 rings (SSSR count). The van der Waals surface area contributed by atoms with Crippen LogP contribution in [0.5, 0.6) is 11.5 Å². The summed E-state index contributed by atoms with van der Waals surface area (Å²) in [5.41, 5.74) is 4.50. The van der Waals surface area contributed by atoms with E-state index in [9.17, 15) is 9.90 Å². The summed E-state index contributed by atoms with van der Waals surface area (Å²) in [7, 11) is 0. The van der Waals surface area contributed by atoms with Crippen LogP contribution in [0.15, 0.2) is 41.0 Å². The fraction of sp³-hybridized carbons (Fsp3) is 0.594. The average molecular weight is 487 g/mol. The van der Waals surface area contributed by atoms with Gasteiger partial charge in [-0.05, 0) is 91.2 Å². The lowest BCUT2D eigenvalue weighted by molar-refractivity contribution is -0.114. The molecule has 1 aliphatic heterocycles. The molecule has 4 aliphatic carbocycles. The molecule has 1 aromatic carbocycles. The van der Waals surface area contributed by atoms with E-state index in [0.29, 0.717) is 30.6 Å². The lowest BCUT2D eigenvalue weighted by Crippen LogP contribution is -2.51. The van der Waals surface area contributed by atoms with Crippen LogP contribution < -0.4 is 9.47 Å². The van der Waals surface area contributed by atoms with Crippen LogP contribution in [-0.2, 0) is 4.79 Å². The molecule has 0 spiro atoms. The van der Waals surface area contributed by atoms with E-state index in [1.54, 1.807) is 0 Å². The largest absolute Gasteiger partial charge is 0.454 e. The third-order valence-corrected chi connectivity index (χ3v) is 9.87. The Bertz CT molecular complexity index is 1210. The van der Waals surface area contributed by atoms with Crippen molar-refractivity contribution in [2.24, 2.45) is 23.2 Å². The number of ether oxygens (including phenoxy) is 2. The van der Waals surface area contributed by atoms with Crippen molar-refractivity contribution in [1.82, 2.24) is 0 Å². The maximum absolute atomic E-state index is 12.3.